The molecule has 3 heterocycles. The summed E-state index contributed by atoms with van der Waals surface area (Å²) in [5.41, 5.74) is 0.739. The molecule has 0 aliphatic carbocycles. The summed E-state index contributed by atoms with van der Waals surface area (Å²) >= 11 is 0. The van der Waals surface area contributed by atoms with E-state index < -0.39 is 0 Å². The van der Waals surface area contributed by atoms with Crippen LogP contribution in [-0.4, -0.2) is 43.8 Å². The van der Waals surface area contributed by atoms with Crippen molar-refractivity contribution >= 4 is 11.8 Å². The number of carbonyl (C=O) groups excluding carboxylic acids is 1. The van der Waals surface area contributed by atoms with E-state index >= 15 is 0 Å². The molecule has 3 rings (SSSR count). The Morgan fingerprint density at radius 1 is 1.43 bits per heavy atom. The lowest BCUT2D eigenvalue weighted by Crippen LogP contribution is -2.39. The van der Waals surface area contributed by atoms with Gasteiger partial charge in [-0.05, 0) is 6.92 Å². The number of fused-ring (bicyclic) bond motifs is 1. The molecule has 0 bridgehead atoms. The molecule has 0 radical (unpaired) electrons. The van der Waals surface area contributed by atoms with Crippen molar-refractivity contribution in [3.63, 3.8) is 0 Å². The zero-order valence-electron chi connectivity index (χ0n) is 12.2. The van der Waals surface area contributed by atoms with Gasteiger partial charge in [0, 0.05) is 25.6 Å². The molecule has 112 valence electrons. The molecular weight excluding hydrogens is 272 g/mol. The average Bonchev–Trinajstić information content (AvgIpc) is 3.04. The normalized spacial score (nSPS) is 15.0. The number of amides is 1. The van der Waals surface area contributed by atoms with Crippen LogP contribution in [0.2, 0.25) is 0 Å². The van der Waals surface area contributed by atoms with Crippen LogP contribution in [0.3, 0.4) is 0 Å². The molecular formula is C13H18N6O2. The molecule has 8 nitrogen and oxygen atoms in total. The molecule has 0 aromatic carbocycles. The Balaban J connectivity index is 1.58. The van der Waals surface area contributed by atoms with E-state index in [4.69, 9.17) is 4.52 Å². The van der Waals surface area contributed by atoms with Crippen LogP contribution >= 0.6 is 0 Å². The van der Waals surface area contributed by atoms with Gasteiger partial charge >= 0.3 is 0 Å². The molecule has 2 aromatic rings. The van der Waals surface area contributed by atoms with Crippen LogP contribution in [0.4, 0.5) is 5.88 Å². The average molecular weight is 290 g/mol. The summed E-state index contributed by atoms with van der Waals surface area (Å²) in [4.78, 5) is 14.0. The standard InChI is InChI=1S/C13H18N6O2/c1-3-10-15-16-11-7-18(4-5-19(10)11)8-12(20)14-13-6-9(2)17-21-13/h6H,3-5,7-8H2,1-2H3,(H,14,20). The first kappa shape index (κ1) is 13.7. The van der Waals surface area contributed by atoms with E-state index in [0.29, 0.717) is 19.0 Å². The van der Waals surface area contributed by atoms with Crippen LogP contribution in [-0.2, 0) is 24.3 Å². The van der Waals surface area contributed by atoms with Crippen LogP contribution in [0, 0.1) is 6.92 Å². The van der Waals surface area contributed by atoms with E-state index in [-0.39, 0.29) is 5.91 Å². The molecule has 2 aromatic heterocycles. The highest BCUT2D eigenvalue weighted by atomic mass is 16.5. The number of nitrogens with one attached hydrogen (secondary N) is 1. The second-order valence-corrected chi connectivity index (χ2v) is 5.13. The van der Waals surface area contributed by atoms with E-state index in [1.54, 1.807) is 6.07 Å². The summed E-state index contributed by atoms with van der Waals surface area (Å²) in [6.07, 6.45) is 0.873. The molecule has 21 heavy (non-hydrogen) atoms. The second-order valence-electron chi connectivity index (χ2n) is 5.13. The van der Waals surface area contributed by atoms with E-state index in [1.807, 2.05) is 11.8 Å². The number of aryl methyl sites for hydroxylation is 2. The first-order valence-electron chi connectivity index (χ1n) is 7.02. The van der Waals surface area contributed by atoms with Crippen LogP contribution in [0.15, 0.2) is 10.6 Å². The van der Waals surface area contributed by atoms with Gasteiger partial charge in [-0.25, -0.2) is 0 Å². The van der Waals surface area contributed by atoms with E-state index in [9.17, 15) is 4.79 Å². The summed E-state index contributed by atoms with van der Waals surface area (Å²) < 4.78 is 7.10. The summed E-state index contributed by atoms with van der Waals surface area (Å²) in [5, 5.41) is 14.8. The minimum absolute atomic E-state index is 0.116. The Morgan fingerprint density at radius 2 is 2.29 bits per heavy atom. The Hall–Kier alpha value is -2.22. The van der Waals surface area contributed by atoms with Crippen LogP contribution in [0.1, 0.15) is 24.3 Å². The Labute approximate surface area is 122 Å². The number of carbonyl (C=O) groups is 1. The molecule has 1 aliphatic heterocycles. The third-order valence-corrected chi connectivity index (χ3v) is 3.48. The van der Waals surface area contributed by atoms with Crippen molar-refractivity contribution in [3.05, 3.63) is 23.4 Å². The number of anilines is 1. The topological polar surface area (TPSA) is 89.1 Å². The molecule has 0 saturated heterocycles. The van der Waals surface area contributed by atoms with Crippen molar-refractivity contribution in [2.24, 2.45) is 0 Å². The highest BCUT2D eigenvalue weighted by Gasteiger charge is 2.22. The van der Waals surface area contributed by atoms with Gasteiger partial charge in [0.2, 0.25) is 11.8 Å². The zero-order chi connectivity index (χ0) is 14.8. The van der Waals surface area contributed by atoms with Gasteiger partial charge in [-0.1, -0.05) is 12.1 Å². The summed E-state index contributed by atoms with van der Waals surface area (Å²) in [6, 6.07) is 1.69. The predicted molar refractivity (Wildman–Crippen MR) is 74.5 cm³/mol. The van der Waals surface area contributed by atoms with Gasteiger partial charge in [0.1, 0.15) is 11.6 Å². The largest absolute Gasteiger partial charge is 0.338 e. The molecule has 0 fully saturated rings. The monoisotopic (exact) mass is 290 g/mol. The molecule has 8 heteroatoms. The van der Waals surface area contributed by atoms with Crippen molar-refractivity contribution in [2.45, 2.75) is 33.4 Å². The maximum atomic E-state index is 12.0. The van der Waals surface area contributed by atoms with Crippen molar-refractivity contribution in [2.75, 3.05) is 18.4 Å². The van der Waals surface area contributed by atoms with Crippen molar-refractivity contribution in [1.82, 2.24) is 24.8 Å². The fraction of sp³-hybridized carbons (Fsp3) is 0.538. The Bertz CT molecular complexity index is 647. The number of aromatic nitrogens is 4. The van der Waals surface area contributed by atoms with Gasteiger partial charge in [-0.15, -0.1) is 10.2 Å². The quantitative estimate of drug-likeness (QED) is 0.886. The molecule has 1 amide bonds. The molecule has 0 unspecified atom stereocenters. The minimum atomic E-state index is -0.116. The fourth-order valence-electron chi connectivity index (χ4n) is 2.47. The third kappa shape index (κ3) is 2.94. The van der Waals surface area contributed by atoms with Crippen molar-refractivity contribution in [1.29, 1.82) is 0 Å². The zero-order valence-corrected chi connectivity index (χ0v) is 12.2. The van der Waals surface area contributed by atoms with Crippen LogP contribution < -0.4 is 5.32 Å². The third-order valence-electron chi connectivity index (χ3n) is 3.48. The second kappa shape index (κ2) is 5.65. The van der Waals surface area contributed by atoms with Crippen molar-refractivity contribution in [3.8, 4) is 0 Å². The predicted octanol–water partition coefficient (Wildman–Crippen LogP) is 0.591. The first-order chi connectivity index (χ1) is 10.2. The smallest absolute Gasteiger partial charge is 0.240 e. The maximum Gasteiger partial charge on any atom is 0.240 e. The van der Waals surface area contributed by atoms with Gasteiger partial charge in [-0.3, -0.25) is 15.0 Å². The summed E-state index contributed by atoms with van der Waals surface area (Å²) in [7, 11) is 0. The molecule has 1 N–H and O–H groups in total. The van der Waals surface area contributed by atoms with Gasteiger partial charge in [0.15, 0.2) is 0 Å². The molecule has 0 saturated carbocycles. The fourth-order valence-corrected chi connectivity index (χ4v) is 2.47. The van der Waals surface area contributed by atoms with E-state index in [2.05, 4.69) is 32.2 Å². The highest BCUT2D eigenvalue weighted by molar-refractivity contribution is 5.90. The number of nitrogens with zero attached hydrogens (tertiary/aromatic N) is 5. The molecule has 1 aliphatic rings. The first-order valence-corrected chi connectivity index (χ1v) is 7.02. The van der Waals surface area contributed by atoms with Gasteiger partial charge < -0.3 is 9.09 Å². The minimum Gasteiger partial charge on any atom is -0.338 e. The Morgan fingerprint density at radius 3 is 3.00 bits per heavy atom. The highest BCUT2D eigenvalue weighted by Crippen LogP contribution is 2.13. The molecule has 0 atom stereocenters. The summed E-state index contributed by atoms with van der Waals surface area (Å²) in [5.74, 6) is 2.19. The molecule has 0 spiro atoms. The SMILES string of the molecule is CCc1nnc2n1CCN(CC(=O)Nc1cc(C)no1)C2. The lowest BCUT2D eigenvalue weighted by Gasteiger charge is -2.26. The van der Waals surface area contributed by atoms with Gasteiger partial charge in [0.25, 0.3) is 0 Å². The lowest BCUT2D eigenvalue weighted by molar-refractivity contribution is -0.117. The lowest BCUT2D eigenvalue weighted by atomic mass is 10.3. The van der Waals surface area contributed by atoms with Crippen molar-refractivity contribution < 1.29 is 9.32 Å². The number of rotatable bonds is 4. The van der Waals surface area contributed by atoms with Crippen LogP contribution in [0.5, 0.6) is 0 Å². The number of hydrogen-bond donors (Lipinski definition) is 1. The van der Waals surface area contributed by atoms with Crippen LogP contribution in [0.25, 0.3) is 0 Å². The van der Waals surface area contributed by atoms with Gasteiger partial charge in [0.05, 0.1) is 18.8 Å². The van der Waals surface area contributed by atoms with Gasteiger partial charge in [-0.2, -0.15) is 0 Å². The summed E-state index contributed by atoms with van der Waals surface area (Å²) in [6.45, 7) is 6.43. The maximum absolute atomic E-state index is 12.0. The van der Waals surface area contributed by atoms with E-state index in [0.717, 1.165) is 36.9 Å². The Kier molecular flexibility index (Phi) is 3.70. The number of hydrogen-bond acceptors (Lipinski definition) is 6. The van der Waals surface area contributed by atoms with E-state index in [1.165, 1.54) is 0 Å².